The molecule has 0 aromatic carbocycles. The normalized spacial score (nSPS) is 26.4. The number of aryl methyl sites for hydroxylation is 1. The van der Waals surface area contributed by atoms with Gasteiger partial charge in [-0.1, -0.05) is 6.92 Å². The van der Waals surface area contributed by atoms with Crippen molar-refractivity contribution in [3.8, 4) is 0 Å². The fourth-order valence-corrected chi connectivity index (χ4v) is 2.13. The molecule has 2 unspecified atom stereocenters. The van der Waals surface area contributed by atoms with Crippen molar-refractivity contribution in [2.75, 3.05) is 5.32 Å². The Hall–Kier alpha value is -1.05. The third-order valence-corrected chi connectivity index (χ3v) is 2.98. The SMILES string of the molecule is Cc1ccc(NC2CCC(C)C2)cn1. The molecule has 0 bridgehead atoms. The Morgan fingerprint density at radius 1 is 1.36 bits per heavy atom. The molecule has 76 valence electrons. The van der Waals surface area contributed by atoms with Gasteiger partial charge in [-0.05, 0) is 44.2 Å². The summed E-state index contributed by atoms with van der Waals surface area (Å²) in [5.74, 6) is 0.880. The average molecular weight is 190 g/mol. The van der Waals surface area contributed by atoms with E-state index in [1.807, 2.05) is 13.1 Å². The number of rotatable bonds is 2. The summed E-state index contributed by atoms with van der Waals surface area (Å²) in [6, 6.07) is 4.83. The maximum Gasteiger partial charge on any atom is 0.0529 e. The lowest BCUT2D eigenvalue weighted by Crippen LogP contribution is -2.15. The van der Waals surface area contributed by atoms with Gasteiger partial charge in [0.05, 0.1) is 11.9 Å². The minimum Gasteiger partial charge on any atom is -0.381 e. The van der Waals surface area contributed by atoms with Crippen LogP contribution in [0.1, 0.15) is 31.9 Å². The molecule has 1 saturated carbocycles. The van der Waals surface area contributed by atoms with Crippen molar-refractivity contribution in [3.05, 3.63) is 24.0 Å². The molecule has 0 amide bonds. The molecule has 1 N–H and O–H groups in total. The quantitative estimate of drug-likeness (QED) is 0.775. The zero-order chi connectivity index (χ0) is 9.97. The van der Waals surface area contributed by atoms with Crippen molar-refractivity contribution in [1.29, 1.82) is 0 Å². The summed E-state index contributed by atoms with van der Waals surface area (Å²) in [5, 5.41) is 3.54. The largest absolute Gasteiger partial charge is 0.381 e. The maximum absolute atomic E-state index is 4.28. The second kappa shape index (κ2) is 3.99. The molecule has 1 aliphatic carbocycles. The molecule has 1 fully saturated rings. The summed E-state index contributed by atoms with van der Waals surface area (Å²) in [6.45, 7) is 4.34. The summed E-state index contributed by atoms with van der Waals surface area (Å²) >= 11 is 0. The lowest BCUT2D eigenvalue weighted by molar-refractivity contribution is 0.602. The summed E-state index contributed by atoms with van der Waals surface area (Å²) in [5.41, 5.74) is 2.24. The van der Waals surface area contributed by atoms with E-state index in [4.69, 9.17) is 0 Å². The van der Waals surface area contributed by atoms with E-state index in [-0.39, 0.29) is 0 Å². The highest BCUT2D eigenvalue weighted by Gasteiger charge is 2.20. The van der Waals surface area contributed by atoms with E-state index in [0.29, 0.717) is 6.04 Å². The van der Waals surface area contributed by atoms with Crippen LogP contribution in [-0.2, 0) is 0 Å². The van der Waals surface area contributed by atoms with Gasteiger partial charge in [-0.2, -0.15) is 0 Å². The molecular formula is C12H18N2. The highest BCUT2D eigenvalue weighted by molar-refractivity contribution is 5.42. The molecular weight excluding hydrogens is 172 g/mol. The van der Waals surface area contributed by atoms with Crippen LogP contribution >= 0.6 is 0 Å². The number of aromatic nitrogens is 1. The predicted octanol–water partition coefficient (Wildman–Crippen LogP) is 2.99. The fourth-order valence-electron chi connectivity index (χ4n) is 2.13. The third-order valence-electron chi connectivity index (χ3n) is 2.98. The Bertz CT molecular complexity index is 292. The molecule has 1 heterocycles. The standard InChI is InChI=1S/C12H18N2/c1-9-3-5-11(7-9)14-12-6-4-10(2)13-8-12/h4,6,8-9,11,14H,3,5,7H2,1-2H3. The van der Waals surface area contributed by atoms with Crippen molar-refractivity contribution in [2.24, 2.45) is 5.92 Å². The molecule has 2 atom stereocenters. The Balaban J connectivity index is 1.94. The minimum atomic E-state index is 0.662. The Morgan fingerprint density at radius 2 is 2.21 bits per heavy atom. The highest BCUT2D eigenvalue weighted by atomic mass is 14.9. The van der Waals surface area contributed by atoms with Crippen LogP contribution in [-0.4, -0.2) is 11.0 Å². The van der Waals surface area contributed by atoms with E-state index in [9.17, 15) is 0 Å². The minimum absolute atomic E-state index is 0.662. The first kappa shape index (κ1) is 9.50. The number of pyridine rings is 1. The predicted molar refractivity (Wildman–Crippen MR) is 59.4 cm³/mol. The first-order valence-electron chi connectivity index (χ1n) is 5.43. The fraction of sp³-hybridized carbons (Fsp3) is 0.583. The molecule has 1 aromatic rings. The van der Waals surface area contributed by atoms with Gasteiger partial charge in [-0.15, -0.1) is 0 Å². The average Bonchev–Trinajstić information content (AvgIpc) is 2.56. The molecule has 0 saturated heterocycles. The molecule has 2 heteroatoms. The molecule has 0 radical (unpaired) electrons. The molecule has 0 aliphatic heterocycles. The van der Waals surface area contributed by atoms with Crippen molar-refractivity contribution in [3.63, 3.8) is 0 Å². The second-order valence-electron chi connectivity index (χ2n) is 4.45. The summed E-state index contributed by atoms with van der Waals surface area (Å²) in [4.78, 5) is 4.28. The molecule has 2 nitrogen and oxygen atoms in total. The van der Waals surface area contributed by atoms with Crippen LogP contribution in [0.3, 0.4) is 0 Å². The van der Waals surface area contributed by atoms with Gasteiger partial charge in [-0.25, -0.2) is 0 Å². The van der Waals surface area contributed by atoms with Crippen LogP contribution in [0.5, 0.6) is 0 Å². The van der Waals surface area contributed by atoms with Crippen LogP contribution < -0.4 is 5.32 Å². The van der Waals surface area contributed by atoms with Crippen LogP contribution in [0.15, 0.2) is 18.3 Å². The summed E-state index contributed by atoms with van der Waals surface area (Å²) in [7, 11) is 0. The van der Waals surface area contributed by atoms with E-state index >= 15 is 0 Å². The van der Waals surface area contributed by atoms with E-state index in [0.717, 1.165) is 17.3 Å². The van der Waals surface area contributed by atoms with Gasteiger partial charge >= 0.3 is 0 Å². The number of hydrogen-bond acceptors (Lipinski definition) is 2. The highest BCUT2D eigenvalue weighted by Crippen LogP contribution is 2.27. The third kappa shape index (κ3) is 2.25. The van der Waals surface area contributed by atoms with Crippen LogP contribution in [0, 0.1) is 12.8 Å². The van der Waals surface area contributed by atoms with Crippen molar-refractivity contribution < 1.29 is 0 Å². The van der Waals surface area contributed by atoms with Gasteiger partial charge < -0.3 is 5.32 Å². The monoisotopic (exact) mass is 190 g/mol. The van der Waals surface area contributed by atoms with Gasteiger partial charge in [-0.3, -0.25) is 4.98 Å². The lowest BCUT2D eigenvalue weighted by atomic mass is 10.1. The molecule has 1 aromatic heterocycles. The number of nitrogens with one attached hydrogen (secondary N) is 1. The van der Waals surface area contributed by atoms with E-state index in [2.05, 4.69) is 29.4 Å². The van der Waals surface area contributed by atoms with Crippen molar-refractivity contribution in [2.45, 2.75) is 39.2 Å². The van der Waals surface area contributed by atoms with Crippen molar-refractivity contribution in [1.82, 2.24) is 4.98 Å². The van der Waals surface area contributed by atoms with E-state index < -0.39 is 0 Å². The van der Waals surface area contributed by atoms with Gasteiger partial charge in [0.25, 0.3) is 0 Å². The number of nitrogens with zero attached hydrogens (tertiary/aromatic N) is 1. The zero-order valence-electron chi connectivity index (χ0n) is 8.96. The Labute approximate surface area is 85.7 Å². The molecule has 2 rings (SSSR count). The Kier molecular flexibility index (Phi) is 2.71. The van der Waals surface area contributed by atoms with Gasteiger partial charge in [0.2, 0.25) is 0 Å². The molecule has 1 aliphatic rings. The van der Waals surface area contributed by atoms with Gasteiger partial charge in [0, 0.05) is 11.7 Å². The molecule has 0 spiro atoms. The van der Waals surface area contributed by atoms with E-state index in [1.54, 1.807) is 0 Å². The first-order valence-corrected chi connectivity index (χ1v) is 5.43. The van der Waals surface area contributed by atoms with Gasteiger partial charge in [0.1, 0.15) is 0 Å². The lowest BCUT2D eigenvalue weighted by Gasteiger charge is -2.13. The van der Waals surface area contributed by atoms with Crippen LogP contribution in [0.25, 0.3) is 0 Å². The van der Waals surface area contributed by atoms with Crippen LogP contribution in [0.2, 0.25) is 0 Å². The maximum atomic E-state index is 4.28. The topological polar surface area (TPSA) is 24.9 Å². The zero-order valence-corrected chi connectivity index (χ0v) is 8.96. The van der Waals surface area contributed by atoms with E-state index in [1.165, 1.54) is 19.3 Å². The number of hydrogen-bond donors (Lipinski definition) is 1. The molecule has 14 heavy (non-hydrogen) atoms. The van der Waals surface area contributed by atoms with Crippen molar-refractivity contribution >= 4 is 5.69 Å². The summed E-state index contributed by atoms with van der Waals surface area (Å²) < 4.78 is 0. The summed E-state index contributed by atoms with van der Waals surface area (Å²) in [6.07, 6.45) is 5.89. The first-order chi connectivity index (χ1) is 6.74. The smallest absolute Gasteiger partial charge is 0.0529 e. The number of anilines is 1. The Morgan fingerprint density at radius 3 is 2.79 bits per heavy atom. The second-order valence-corrected chi connectivity index (χ2v) is 4.45. The van der Waals surface area contributed by atoms with Gasteiger partial charge in [0.15, 0.2) is 0 Å². The van der Waals surface area contributed by atoms with Crippen LogP contribution in [0.4, 0.5) is 5.69 Å².